The van der Waals surface area contributed by atoms with Gasteiger partial charge < -0.3 is 25.5 Å². The Morgan fingerprint density at radius 2 is 1.79 bits per heavy atom. The van der Waals surface area contributed by atoms with Crippen LogP contribution in [0, 0.1) is 0 Å². The Morgan fingerprint density at radius 1 is 0.976 bits per heavy atom. The van der Waals surface area contributed by atoms with Crippen molar-refractivity contribution < 1.29 is 24.2 Å². The Kier molecular flexibility index (Phi) is 9.94. The molecule has 1 heterocycles. The molecule has 3 aromatic carbocycles. The molecule has 218 valence electrons. The van der Waals surface area contributed by atoms with Crippen LogP contribution in [-0.2, 0) is 20.7 Å². The first kappa shape index (κ1) is 29.9. The van der Waals surface area contributed by atoms with E-state index in [1.807, 2.05) is 25.1 Å². The van der Waals surface area contributed by atoms with E-state index in [0.29, 0.717) is 22.3 Å². The summed E-state index contributed by atoms with van der Waals surface area (Å²) in [5.74, 6) is -1.53. The molecular formula is C32H34N4O6. The van der Waals surface area contributed by atoms with Gasteiger partial charge in [-0.3, -0.25) is 19.7 Å². The van der Waals surface area contributed by atoms with Gasteiger partial charge in [0.1, 0.15) is 0 Å². The lowest BCUT2D eigenvalue weighted by Gasteiger charge is -2.19. The Bertz CT molecular complexity index is 1630. The molecule has 0 aliphatic heterocycles. The standard InChI is InChI=1S/C32H34N4O6/c1-3-21-7-4-5-10-26(21)20(2)19-42-32(41)35-25-9-6-8-23(15-25)28(17-30(38)39)36-29(37)18-34-24-12-11-22-13-14-33-31(40)27(22)16-24/h4-16,20,28,34H,3,17-19H2,1-2H3,(H,33,40)(H,35,41)(H,36,37)(H,38,39)/t20?,28-/m1/s1. The molecule has 2 amide bonds. The Balaban J connectivity index is 1.36. The molecule has 1 aromatic heterocycles. The van der Waals surface area contributed by atoms with Crippen molar-refractivity contribution in [2.45, 2.75) is 38.6 Å². The molecule has 10 nitrogen and oxygen atoms in total. The average Bonchev–Trinajstić information content (AvgIpc) is 2.98. The van der Waals surface area contributed by atoms with E-state index < -0.39 is 24.0 Å². The number of aliphatic carboxylic acids is 1. The highest BCUT2D eigenvalue weighted by Crippen LogP contribution is 2.23. The van der Waals surface area contributed by atoms with Crippen molar-refractivity contribution in [3.8, 4) is 0 Å². The maximum absolute atomic E-state index is 12.8. The number of H-pyrrole nitrogens is 1. The number of benzene rings is 3. The first-order chi connectivity index (χ1) is 20.2. The normalized spacial score (nSPS) is 12.2. The van der Waals surface area contributed by atoms with Crippen LogP contribution < -0.4 is 21.5 Å². The third-order valence-electron chi connectivity index (χ3n) is 6.91. The number of carbonyl (C=O) groups excluding carboxylic acids is 2. The molecule has 0 saturated heterocycles. The molecule has 1 unspecified atom stereocenters. The van der Waals surface area contributed by atoms with Crippen LogP contribution in [0.15, 0.2) is 83.8 Å². The van der Waals surface area contributed by atoms with Crippen molar-refractivity contribution in [2.24, 2.45) is 0 Å². The molecule has 0 saturated carbocycles. The van der Waals surface area contributed by atoms with Gasteiger partial charge in [0.05, 0.1) is 25.6 Å². The number of pyridine rings is 1. The van der Waals surface area contributed by atoms with Crippen molar-refractivity contribution in [3.63, 3.8) is 0 Å². The third kappa shape index (κ3) is 7.97. The fourth-order valence-electron chi connectivity index (χ4n) is 4.76. The van der Waals surface area contributed by atoms with Crippen LogP contribution in [0.25, 0.3) is 10.8 Å². The summed E-state index contributed by atoms with van der Waals surface area (Å²) in [6, 6.07) is 20.7. The second-order valence-electron chi connectivity index (χ2n) is 9.98. The van der Waals surface area contributed by atoms with Crippen molar-refractivity contribution in [1.82, 2.24) is 10.3 Å². The molecule has 42 heavy (non-hydrogen) atoms. The van der Waals surface area contributed by atoms with E-state index >= 15 is 0 Å². The van der Waals surface area contributed by atoms with Gasteiger partial charge in [0.15, 0.2) is 0 Å². The number of carboxylic acid groups (broad SMARTS) is 1. The van der Waals surface area contributed by atoms with Crippen LogP contribution in [0.1, 0.15) is 48.9 Å². The van der Waals surface area contributed by atoms with E-state index in [4.69, 9.17) is 4.74 Å². The summed E-state index contributed by atoms with van der Waals surface area (Å²) in [6.45, 7) is 4.13. The third-order valence-corrected chi connectivity index (χ3v) is 6.91. The highest BCUT2D eigenvalue weighted by molar-refractivity contribution is 5.87. The summed E-state index contributed by atoms with van der Waals surface area (Å²) >= 11 is 0. The van der Waals surface area contributed by atoms with E-state index in [9.17, 15) is 24.3 Å². The Morgan fingerprint density at radius 3 is 2.57 bits per heavy atom. The topological polar surface area (TPSA) is 150 Å². The second kappa shape index (κ2) is 14.0. The van der Waals surface area contributed by atoms with Crippen LogP contribution in [-0.4, -0.2) is 41.2 Å². The van der Waals surface area contributed by atoms with E-state index in [0.717, 1.165) is 17.4 Å². The number of amides is 2. The summed E-state index contributed by atoms with van der Waals surface area (Å²) in [5.41, 5.74) is 3.58. The molecule has 4 rings (SSSR count). The highest BCUT2D eigenvalue weighted by Gasteiger charge is 2.19. The number of carbonyl (C=O) groups is 3. The van der Waals surface area contributed by atoms with Crippen molar-refractivity contribution >= 4 is 40.1 Å². The lowest BCUT2D eigenvalue weighted by molar-refractivity contribution is -0.137. The maximum Gasteiger partial charge on any atom is 0.411 e. The lowest BCUT2D eigenvalue weighted by Crippen LogP contribution is -2.34. The number of rotatable bonds is 12. The van der Waals surface area contributed by atoms with Crippen LogP contribution in [0.5, 0.6) is 0 Å². The van der Waals surface area contributed by atoms with E-state index in [1.54, 1.807) is 54.7 Å². The van der Waals surface area contributed by atoms with Crippen molar-refractivity contribution in [1.29, 1.82) is 0 Å². The second-order valence-corrected chi connectivity index (χ2v) is 9.98. The van der Waals surface area contributed by atoms with Crippen molar-refractivity contribution in [3.05, 3.63) is 106 Å². The number of fused-ring (bicyclic) bond motifs is 1. The lowest BCUT2D eigenvalue weighted by atomic mass is 9.95. The number of hydrogen-bond acceptors (Lipinski definition) is 6. The molecule has 0 radical (unpaired) electrons. The zero-order valence-electron chi connectivity index (χ0n) is 23.5. The van der Waals surface area contributed by atoms with Gasteiger partial charge in [0.2, 0.25) is 5.91 Å². The number of aromatic nitrogens is 1. The van der Waals surface area contributed by atoms with E-state index in [2.05, 4.69) is 33.9 Å². The van der Waals surface area contributed by atoms with Gasteiger partial charge in [-0.25, -0.2) is 4.79 Å². The van der Waals surface area contributed by atoms with E-state index in [1.165, 1.54) is 5.56 Å². The van der Waals surface area contributed by atoms with Gasteiger partial charge >= 0.3 is 12.1 Å². The van der Waals surface area contributed by atoms with Gasteiger partial charge in [-0.15, -0.1) is 0 Å². The predicted molar refractivity (Wildman–Crippen MR) is 162 cm³/mol. The SMILES string of the molecule is CCc1ccccc1C(C)COC(=O)Nc1cccc([C@@H](CC(=O)O)NC(=O)CNc2ccc3cc[nH]c(=O)c3c2)c1. The molecule has 0 aliphatic rings. The first-order valence-electron chi connectivity index (χ1n) is 13.7. The molecule has 4 aromatic rings. The number of carboxylic acids is 1. The van der Waals surface area contributed by atoms with Gasteiger partial charge in [-0.2, -0.15) is 0 Å². The highest BCUT2D eigenvalue weighted by atomic mass is 16.5. The summed E-state index contributed by atoms with van der Waals surface area (Å²) < 4.78 is 5.46. The predicted octanol–water partition coefficient (Wildman–Crippen LogP) is 5.19. The van der Waals surface area contributed by atoms with Gasteiger partial charge in [-0.1, -0.05) is 56.3 Å². The monoisotopic (exact) mass is 570 g/mol. The molecule has 5 N–H and O–H groups in total. The summed E-state index contributed by atoms with van der Waals surface area (Å²) in [4.78, 5) is 51.6. The summed E-state index contributed by atoms with van der Waals surface area (Å²) in [6.07, 6.45) is 1.45. The molecule has 0 bridgehead atoms. The smallest absolute Gasteiger partial charge is 0.411 e. The molecular weight excluding hydrogens is 536 g/mol. The largest absolute Gasteiger partial charge is 0.481 e. The zero-order chi connectivity index (χ0) is 30.1. The minimum atomic E-state index is -1.10. The van der Waals surface area contributed by atoms with Crippen LogP contribution in [0.3, 0.4) is 0 Å². The first-order valence-corrected chi connectivity index (χ1v) is 13.7. The van der Waals surface area contributed by atoms with Crippen LogP contribution in [0.2, 0.25) is 0 Å². The zero-order valence-corrected chi connectivity index (χ0v) is 23.5. The summed E-state index contributed by atoms with van der Waals surface area (Å²) in [7, 11) is 0. The average molecular weight is 571 g/mol. The Hall–Kier alpha value is -5.12. The van der Waals surface area contributed by atoms with Gasteiger partial charge in [0, 0.05) is 28.9 Å². The number of hydrogen-bond donors (Lipinski definition) is 5. The van der Waals surface area contributed by atoms with E-state index in [-0.39, 0.29) is 31.0 Å². The fraction of sp³-hybridized carbons (Fsp3) is 0.250. The molecule has 0 aliphatic carbocycles. The van der Waals surface area contributed by atoms with Gasteiger partial charge in [-0.05, 0) is 58.8 Å². The quantitative estimate of drug-likeness (QED) is 0.157. The number of ether oxygens (including phenoxy) is 1. The molecule has 2 atom stereocenters. The minimum absolute atomic E-state index is 0.0114. The number of anilines is 2. The number of aromatic amines is 1. The maximum atomic E-state index is 12.8. The van der Waals surface area contributed by atoms with Gasteiger partial charge in [0.25, 0.3) is 5.56 Å². The summed E-state index contributed by atoms with van der Waals surface area (Å²) in [5, 5.41) is 19.1. The molecule has 10 heteroatoms. The Labute approximate surface area is 243 Å². The van der Waals surface area contributed by atoms with Crippen LogP contribution >= 0.6 is 0 Å². The number of aryl methyl sites for hydroxylation is 1. The van der Waals surface area contributed by atoms with Crippen LogP contribution in [0.4, 0.5) is 16.2 Å². The fourth-order valence-corrected chi connectivity index (χ4v) is 4.76. The molecule has 0 spiro atoms. The number of nitrogens with one attached hydrogen (secondary N) is 4. The molecule has 0 fully saturated rings. The van der Waals surface area contributed by atoms with Crippen molar-refractivity contribution in [2.75, 3.05) is 23.8 Å². The minimum Gasteiger partial charge on any atom is -0.481 e.